The highest BCUT2D eigenvalue weighted by Crippen LogP contribution is 2.36. The molecule has 1 atom stereocenters. The Kier molecular flexibility index (Phi) is 5.27. The molecule has 4 nitrogen and oxygen atoms in total. The summed E-state index contributed by atoms with van der Waals surface area (Å²) < 4.78 is 30.2. The van der Waals surface area contributed by atoms with Crippen LogP contribution in [0.1, 0.15) is 24.1 Å². The molecule has 1 heterocycles. The van der Waals surface area contributed by atoms with E-state index in [0.717, 1.165) is 5.56 Å². The Morgan fingerprint density at radius 3 is 2.42 bits per heavy atom. The van der Waals surface area contributed by atoms with Gasteiger partial charge in [0, 0.05) is 11.1 Å². The highest BCUT2D eigenvalue weighted by molar-refractivity contribution is 7.80. The van der Waals surface area contributed by atoms with Gasteiger partial charge in [-0.2, -0.15) is 8.78 Å². The molecule has 0 unspecified atom stereocenters. The van der Waals surface area contributed by atoms with Gasteiger partial charge < -0.3 is 15.4 Å². The molecule has 0 spiro atoms. The summed E-state index contributed by atoms with van der Waals surface area (Å²) in [5, 5.41) is 6.31. The summed E-state index contributed by atoms with van der Waals surface area (Å²) in [6.45, 7) is -1.54. The van der Waals surface area contributed by atoms with E-state index in [4.69, 9.17) is 12.2 Å². The Morgan fingerprint density at radius 2 is 1.77 bits per heavy atom. The summed E-state index contributed by atoms with van der Waals surface area (Å²) in [5.74, 6) is -0.209. The van der Waals surface area contributed by atoms with Crippen LogP contribution in [-0.2, 0) is 4.79 Å². The third kappa shape index (κ3) is 3.72. The lowest BCUT2D eigenvalue weighted by Crippen LogP contribution is -2.44. The molecule has 0 amide bonds. The second-order valence-corrected chi connectivity index (χ2v) is 6.07. The molecule has 1 aliphatic heterocycles. The minimum Gasteiger partial charge on any atom is -0.434 e. The lowest BCUT2D eigenvalue weighted by atomic mass is 9.90. The Bertz CT molecular complexity index is 869. The topological polar surface area (TPSA) is 50.4 Å². The monoisotopic (exact) mass is 374 g/mol. The summed E-state index contributed by atoms with van der Waals surface area (Å²) >= 11 is 5.27. The highest BCUT2D eigenvalue weighted by atomic mass is 32.1. The molecule has 0 aliphatic carbocycles. The van der Waals surface area contributed by atoms with E-state index in [9.17, 15) is 13.6 Å². The van der Waals surface area contributed by atoms with Gasteiger partial charge in [-0.05, 0) is 30.8 Å². The number of Topliss-reactive ketones (excluding diaryl/α,β-unsaturated/α-hetero) is 1. The van der Waals surface area contributed by atoms with Gasteiger partial charge in [0.2, 0.25) is 0 Å². The zero-order chi connectivity index (χ0) is 18.7. The van der Waals surface area contributed by atoms with Gasteiger partial charge >= 0.3 is 6.61 Å². The van der Waals surface area contributed by atoms with Crippen LogP contribution in [0, 0.1) is 0 Å². The molecule has 0 aromatic heterocycles. The largest absolute Gasteiger partial charge is 0.434 e. The molecule has 0 bridgehead atoms. The number of thiocarbonyl (C=S) groups is 1. The number of alkyl halides is 2. The van der Waals surface area contributed by atoms with Crippen molar-refractivity contribution in [2.75, 3.05) is 0 Å². The normalized spacial score (nSPS) is 16.9. The number of ketones is 1. The Hall–Kier alpha value is -2.80. The van der Waals surface area contributed by atoms with Crippen molar-refractivity contribution in [1.29, 1.82) is 0 Å². The van der Waals surface area contributed by atoms with Crippen LogP contribution >= 0.6 is 12.2 Å². The van der Waals surface area contributed by atoms with E-state index in [0.29, 0.717) is 21.9 Å². The molecule has 0 radical (unpaired) electrons. The predicted octanol–water partition coefficient (Wildman–Crippen LogP) is 3.81. The molecule has 2 N–H and O–H groups in total. The summed E-state index contributed by atoms with van der Waals surface area (Å²) in [6.07, 6.45) is 0. The Morgan fingerprint density at radius 1 is 1.12 bits per heavy atom. The van der Waals surface area contributed by atoms with Crippen LogP contribution < -0.4 is 15.4 Å². The fourth-order valence-corrected chi connectivity index (χ4v) is 3.15. The maximum atomic E-state index is 12.8. The summed E-state index contributed by atoms with van der Waals surface area (Å²) in [5.41, 5.74) is 2.14. The highest BCUT2D eigenvalue weighted by Gasteiger charge is 2.32. The van der Waals surface area contributed by atoms with Crippen molar-refractivity contribution in [2.24, 2.45) is 0 Å². The van der Waals surface area contributed by atoms with Crippen molar-refractivity contribution in [3.8, 4) is 5.75 Å². The number of nitrogens with one attached hydrogen (secondary N) is 2. The number of halogens is 2. The van der Waals surface area contributed by atoms with Crippen LogP contribution in [0.3, 0.4) is 0 Å². The molecule has 134 valence electrons. The molecular formula is C19H16F2N2O2S. The maximum Gasteiger partial charge on any atom is 0.387 e. The first-order valence-electron chi connectivity index (χ1n) is 7.89. The van der Waals surface area contributed by atoms with Gasteiger partial charge in [0.15, 0.2) is 10.9 Å². The van der Waals surface area contributed by atoms with Crippen LogP contribution in [0.4, 0.5) is 8.78 Å². The van der Waals surface area contributed by atoms with Crippen LogP contribution in [0.15, 0.2) is 60.2 Å². The minimum absolute atomic E-state index is 0.00383. The third-order valence-corrected chi connectivity index (χ3v) is 4.18. The van der Waals surface area contributed by atoms with Crippen molar-refractivity contribution in [1.82, 2.24) is 10.6 Å². The molecule has 2 aromatic rings. The summed E-state index contributed by atoms with van der Waals surface area (Å²) in [7, 11) is 0. The van der Waals surface area contributed by atoms with Gasteiger partial charge in [-0.3, -0.25) is 4.79 Å². The van der Waals surface area contributed by atoms with Gasteiger partial charge in [0.25, 0.3) is 0 Å². The predicted molar refractivity (Wildman–Crippen MR) is 98.7 cm³/mol. The van der Waals surface area contributed by atoms with Crippen molar-refractivity contribution in [3.63, 3.8) is 0 Å². The standard InChI is InChI=1S/C19H16F2N2O2S/c1-11(24)15-16(12-7-3-2-4-8-12)22-19(26)23-17(15)13-9-5-6-10-14(13)25-18(20)21/h2-10,17-18H,1H3,(H2,22,23,26)/t17-/m1/s1. The number of carbonyl (C=O) groups is 1. The minimum atomic E-state index is -2.97. The Balaban J connectivity index is 2.17. The van der Waals surface area contributed by atoms with Crippen LogP contribution in [-0.4, -0.2) is 17.5 Å². The maximum absolute atomic E-state index is 12.8. The number of hydrogen-bond donors (Lipinski definition) is 2. The van der Waals surface area contributed by atoms with Crippen LogP contribution in [0.2, 0.25) is 0 Å². The van der Waals surface area contributed by atoms with E-state index in [1.54, 1.807) is 18.2 Å². The summed E-state index contributed by atoms with van der Waals surface area (Å²) in [6, 6.07) is 14.9. The Labute approximate surface area is 154 Å². The molecule has 0 saturated heterocycles. The van der Waals surface area contributed by atoms with Crippen LogP contribution in [0.25, 0.3) is 5.70 Å². The zero-order valence-electron chi connectivity index (χ0n) is 13.8. The smallest absolute Gasteiger partial charge is 0.387 e. The molecule has 7 heteroatoms. The molecule has 2 aromatic carbocycles. The second-order valence-electron chi connectivity index (χ2n) is 5.66. The zero-order valence-corrected chi connectivity index (χ0v) is 14.6. The number of hydrogen-bond acceptors (Lipinski definition) is 3. The van der Waals surface area contributed by atoms with Gasteiger partial charge in [-0.25, -0.2) is 0 Å². The van der Waals surface area contributed by atoms with E-state index >= 15 is 0 Å². The molecule has 26 heavy (non-hydrogen) atoms. The van der Waals surface area contributed by atoms with Gasteiger partial charge in [0.1, 0.15) is 5.75 Å². The molecule has 0 saturated carbocycles. The van der Waals surface area contributed by atoms with Gasteiger partial charge in [-0.1, -0.05) is 48.5 Å². The third-order valence-electron chi connectivity index (χ3n) is 3.96. The average molecular weight is 374 g/mol. The van der Waals surface area contributed by atoms with E-state index < -0.39 is 12.7 Å². The SMILES string of the molecule is CC(=O)C1=C(c2ccccc2)NC(=S)N[C@@H]1c1ccccc1OC(F)F. The number of benzene rings is 2. The second kappa shape index (κ2) is 7.61. The first-order chi connectivity index (χ1) is 12.5. The van der Waals surface area contributed by atoms with Crippen molar-refractivity contribution in [3.05, 3.63) is 71.3 Å². The lowest BCUT2D eigenvalue weighted by molar-refractivity contribution is -0.113. The molecule has 0 fully saturated rings. The van der Waals surface area contributed by atoms with Gasteiger partial charge in [-0.15, -0.1) is 0 Å². The average Bonchev–Trinajstić information content (AvgIpc) is 2.61. The van der Waals surface area contributed by atoms with E-state index in [1.807, 2.05) is 30.3 Å². The fraction of sp³-hybridized carbons (Fsp3) is 0.158. The summed E-state index contributed by atoms with van der Waals surface area (Å²) in [4.78, 5) is 12.4. The van der Waals surface area contributed by atoms with E-state index in [2.05, 4.69) is 15.4 Å². The van der Waals surface area contributed by atoms with Crippen molar-refractivity contribution < 1.29 is 18.3 Å². The number of carbonyl (C=O) groups excluding carboxylic acids is 1. The molecule has 1 aliphatic rings. The first-order valence-corrected chi connectivity index (χ1v) is 8.30. The lowest BCUT2D eigenvalue weighted by Gasteiger charge is -2.32. The number of ether oxygens (including phenoxy) is 1. The van der Waals surface area contributed by atoms with Crippen molar-refractivity contribution in [2.45, 2.75) is 19.6 Å². The molecular weight excluding hydrogens is 358 g/mol. The van der Waals surface area contributed by atoms with E-state index in [1.165, 1.54) is 13.0 Å². The number of para-hydroxylation sites is 1. The van der Waals surface area contributed by atoms with Gasteiger partial charge in [0.05, 0.1) is 11.7 Å². The first kappa shape index (κ1) is 18.0. The number of rotatable bonds is 5. The fourth-order valence-electron chi connectivity index (χ4n) is 2.93. The van der Waals surface area contributed by atoms with Crippen molar-refractivity contribution >= 4 is 28.8 Å². The van der Waals surface area contributed by atoms with E-state index in [-0.39, 0.29) is 11.5 Å². The quantitative estimate of drug-likeness (QED) is 0.780. The molecule has 3 rings (SSSR count). The van der Waals surface area contributed by atoms with Crippen LogP contribution in [0.5, 0.6) is 5.75 Å².